The molecule has 0 aromatic heterocycles. The van der Waals surface area contributed by atoms with Crippen LogP contribution in [-0.2, 0) is 0 Å². The van der Waals surface area contributed by atoms with Gasteiger partial charge in [0.1, 0.15) is 0 Å². The Labute approximate surface area is 166 Å². The summed E-state index contributed by atoms with van der Waals surface area (Å²) in [6.45, 7) is 0. The maximum Gasteiger partial charge on any atom is 0 e. The van der Waals surface area contributed by atoms with Crippen molar-refractivity contribution in [2.75, 3.05) is 0 Å². The van der Waals surface area contributed by atoms with Crippen LogP contribution in [0.5, 0.6) is 0 Å². The molecule has 25 heavy (non-hydrogen) atoms. The van der Waals surface area contributed by atoms with Crippen molar-refractivity contribution in [1.82, 2.24) is 0 Å². The van der Waals surface area contributed by atoms with Crippen molar-refractivity contribution in [2.45, 2.75) is 0 Å². The van der Waals surface area contributed by atoms with Gasteiger partial charge in [-0.2, -0.15) is 0 Å². The van der Waals surface area contributed by atoms with Gasteiger partial charge in [0.05, 0.1) is 0 Å². The Balaban J connectivity index is 0.00000182. The number of hydrogen-bond donors (Lipinski definition) is 0. The molecule has 4 aromatic rings. The van der Waals surface area contributed by atoms with Gasteiger partial charge in [-0.3, -0.25) is 0 Å². The summed E-state index contributed by atoms with van der Waals surface area (Å²) in [6.07, 6.45) is 0. The second kappa shape index (κ2) is 8.17. The summed E-state index contributed by atoms with van der Waals surface area (Å²) in [4.78, 5) is 0. The Kier molecular flexibility index (Phi) is 5.72. The summed E-state index contributed by atoms with van der Waals surface area (Å²) in [5, 5.41) is 0. The number of hydrogen-bond acceptors (Lipinski definition) is 0. The monoisotopic (exact) mass is 426 g/mol. The predicted octanol–water partition coefficient (Wildman–Crippen LogP) is 6.31. The maximum absolute atomic E-state index is 2.21. The van der Waals surface area contributed by atoms with Gasteiger partial charge in [-0.15, -0.1) is 0 Å². The van der Waals surface area contributed by atoms with E-state index >= 15 is 0 Å². The molecule has 0 aliphatic heterocycles. The molecule has 0 spiro atoms. The van der Waals surface area contributed by atoms with E-state index < -0.39 is 0 Å². The SMILES string of the molecule is [Sn].c1ccc(-c2cccc(-c3ccccc3)c2-c2ccccc2)cc1. The van der Waals surface area contributed by atoms with Crippen LogP contribution in [0.15, 0.2) is 109 Å². The molecule has 0 amide bonds. The molecule has 0 unspecified atom stereocenters. The van der Waals surface area contributed by atoms with Crippen LogP contribution in [-0.4, -0.2) is 23.9 Å². The van der Waals surface area contributed by atoms with Crippen LogP contribution in [0.25, 0.3) is 33.4 Å². The first kappa shape index (κ1) is 17.5. The minimum Gasteiger partial charge on any atom is -0.0622 e. The topological polar surface area (TPSA) is 0 Å². The molecule has 118 valence electrons. The second-order valence-electron chi connectivity index (χ2n) is 5.83. The zero-order valence-corrected chi connectivity index (χ0v) is 16.7. The van der Waals surface area contributed by atoms with Gasteiger partial charge in [0.25, 0.3) is 0 Å². The van der Waals surface area contributed by atoms with E-state index in [9.17, 15) is 0 Å². The summed E-state index contributed by atoms with van der Waals surface area (Å²) in [6, 6.07) is 38.4. The zero-order valence-electron chi connectivity index (χ0n) is 13.9. The van der Waals surface area contributed by atoms with Crippen LogP contribution in [0, 0.1) is 0 Å². The molecular weight excluding hydrogens is 407 g/mol. The fraction of sp³-hybridized carbons (Fsp3) is 0. The van der Waals surface area contributed by atoms with Gasteiger partial charge in [0.15, 0.2) is 0 Å². The minimum atomic E-state index is 0. The normalized spacial score (nSPS) is 10.1. The molecule has 0 aliphatic carbocycles. The fourth-order valence-electron chi connectivity index (χ4n) is 3.18. The first-order valence-electron chi connectivity index (χ1n) is 8.23. The molecule has 0 bridgehead atoms. The summed E-state index contributed by atoms with van der Waals surface area (Å²) in [5.74, 6) is 0. The van der Waals surface area contributed by atoms with Crippen LogP contribution in [0.2, 0.25) is 0 Å². The molecule has 1 heteroatoms. The Morgan fingerprint density at radius 2 is 0.680 bits per heavy atom. The Morgan fingerprint density at radius 1 is 0.320 bits per heavy atom. The van der Waals surface area contributed by atoms with E-state index in [4.69, 9.17) is 0 Å². The van der Waals surface area contributed by atoms with Crippen molar-refractivity contribution in [3.63, 3.8) is 0 Å². The minimum absolute atomic E-state index is 0. The van der Waals surface area contributed by atoms with Crippen molar-refractivity contribution in [3.05, 3.63) is 109 Å². The summed E-state index contributed by atoms with van der Waals surface area (Å²) >= 11 is 0. The van der Waals surface area contributed by atoms with Crippen molar-refractivity contribution >= 4 is 23.9 Å². The van der Waals surface area contributed by atoms with Gasteiger partial charge in [-0.05, 0) is 33.4 Å². The van der Waals surface area contributed by atoms with E-state index in [2.05, 4.69) is 109 Å². The number of benzene rings is 4. The van der Waals surface area contributed by atoms with Crippen LogP contribution in [0.4, 0.5) is 0 Å². The second-order valence-corrected chi connectivity index (χ2v) is 5.83. The van der Waals surface area contributed by atoms with Gasteiger partial charge in [0, 0.05) is 23.9 Å². The van der Waals surface area contributed by atoms with Crippen molar-refractivity contribution in [1.29, 1.82) is 0 Å². The molecule has 4 aromatic carbocycles. The van der Waals surface area contributed by atoms with Crippen LogP contribution in [0.3, 0.4) is 0 Å². The van der Waals surface area contributed by atoms with Crippen LogP contribution in [0.1, 0.15) is 0 Å². The molecule has 0 N–H and O–H groups in total. The van der Waals surface area contributed by atoms with E-state index in [1.807, 2.05) is 0 Å². The average molecular weight is 425 g/mol. The molecule has 0 atom stereocenters. The molecule has 4 radical (unpaired) electrons. The van der Waals surface area contributed by atoms with Gasteiger partial charge in [-0.1, -0.05) is 109 Å². The molecule has 4 rings (SSSR count). The van der Waals surface area contributed by atoms with Gasteiger partial charge in [-0.25, -0.2) is 0 Å². The Hall–Kier alpha value is -2.32. The van der Waals surface area contributed by atoms with Gasteiger partial charge >= 0.3 is 0 Å². The molecule has 0 fully saturated rings. The molecular formula is C24H18Sn. The molecule has 0 heterocycles. The molecule has 0 aliphatic rings. The third kappa shape index (κ3) is 3.69. The van der Waals surface area contributed by atoms with E-state index in [0.717, 1.165) is 0 Å². The third-order valence-corrected chi connectivity index (χ3v) is 4.30. The quantitative estimate of drug-likeness (QED) is 0.338. The van der Waals surface area contributed by atoms with Crippen molar-refractivity contribution in [2.24, 2.45) is 0 Å². The first-order chi connectivity index (χ1) is 11.9. The summed E-state index contributed by atoms with van der Waals surface area (Å²) in [5.41, 5.74) is 7.56. The van der Waals surface area contributed by atoms with Crippen molar-refractivity contribution in [3.8, 4) is 33.4 Å². The smallest absolute Gasteiger partial charge is 0 e. The van der Waals surface area contributed by atoms with E-state index in [1.165, 1.54) is 33.4 Å². The Morgan fingerprint density at radius 3 is 1.08 bits per heavy atom. The standard InChI is InChI=1S/C24H18.Sn/c1-4-11-19(12-5-1)22-17-10-18-23(20-13-6-2-7-14-20)24(22)21-15-8-3-9-16-21;/h1-18H;. The van der Waals surface area contributed by atoms with Crippen molar-refractivity contribution < 1.29 is 0 Å². The van der Waals surface area contributed by atoms with E-state index in [1.54, 1.807) is 0 Å². The van der Waals surface area contributed by atoms with Crippen LogP contribution < -0.4 is 0 Å². The van der Waals surface area contributed by atoms with E-state index in [-0.39, 0.29) is 23.9 Å². The molecule has 0 nitrogen and oxygen atoms in total. The number of rotatable bonds is 3. The first-order valence-corrected chi connectivity index (χ1v) is 8.23. The van der Waals surface area contributed by atoms with Gasteiger partial charge < -0.3 is 0 Å². The average Bonchev–Trinajstić information content (AvgIpc) is 2.69. The Bertz CT molecular complexity index is 872. The largest absolute Gasteiger partial charge is 0.0622 e. The molecule has 0 saturated carbocycles. The third-order valence-electron chi connectivity index (χ3n) is 4.30. The molecule has 0 saturated heterocycles. The van der Waals surface area contributed by atoms with Gasteiger partial charge in [0.2, 0.25) is 0 Å². The van der Waals surface area contributed by atoms with Crippen LogP contribution >= 0.6 is 0 Å². The van der Waals surface area contributed by atoms with E-state index in [0.29, 0.717) is 0 Å². The predicted molar refractivity (Wildman–Crippen MR) is 109 cm³/mol. The summed E-state index contributed by atoms with van der Waals surface area (Å²) < 4.78 is 0. The zero-order chi connectivity index (χ0) is 16.2. The summed E-state index contributed by atoms with van der Waals surface area (Å²) in [7, 11) is 0. The maximum atomic E-state index is 2.21. The fourth-order valence-corrected chi connectivity index (χ4v) is 3.18.